The third kappa shape index (κ3) is 3.11. The molecule has 0 N–H and O–H groups in total. The van der Waals surface area contributed by atoms with Gasteiger partial charge in [0.15, 0.2) is 5.78 Å². The molecule has 0 aromatic heterocycles. The number of ketones is 1. The number of hydrogen-bond donors (Lipinski definition) is 0. The first kappa shape index (κ1) is 11.3. The Hall–Kier alpha value is -2.22. The number of carbonyl (C=O) groups is 1. The van der Waals surface area contributed by atoms with Crippen LogP contribution in [-0.2, 0) is 0 Å². The van der Waals surface area contributed by atoms with Gasteiger partial charge in [-0.15, -0.1) is 0 Å². The average Bonchev–Trinajstić information content (AvgIpc) is 2.38. The number of benzene rings is 2. The molecule has 0 spiro atoms. The molecule has 0 saturated heterocycles. The van der Waals surface area contributed by atoms with Crippen molar-refractivity contribution in [3.8, 4) is 0 Å². The van der Waals surface area contributed by atoms with E-state index in [4.69, 9.17) is 0 Å². The highest BCUT2D eigenvalue weighted by molar-refractivity contribution is 5.95. The second-order valence-corrected chi connectivity index (χ2v) is 3.78. The Morgan fingerprint density at radius 3 is 2.53 bits per heavy atom. The summed E-state index contributed by atoms with van der Waals surface area (Å²) in [4.78, 5) is 15.6. The lowest BCUT2D eigenvalue weighted by atomic mass is 10.1. The summed E-state index contributed by atoms with van der Waals surface area (Å²) in [6.45, 7) is 1.56. The SMILES string of the molecule is CC(=O)c1cccc(N=Cc2ccccc2)c1. The predicted octanol–water partition coefficient (Wildman–Crippen LogP) is 3.64. The molecule has 2 nitrogen and oxygen atoms in total. The first-order valence-electron chi connectivity index (χ1n) is 5.46. The molecule has 0 atom stereocenters. The van der Waals surface area contributed by atoms with Crippen molar-refractivity contribution in [2.24, 2.45) is 4.99 Å². The molecule has 0 fully saturated rings. The van der Waals surface area contributed by atoms with Crippen LogP contribution in [0.15, 0.2) is 59.6 Å². The third-order valence-corrected chi connectivity index (χ3v) is 2.41. The fraction of sp³-hybridized carbons (Fsp3) is 0.0667. The van der Waals surface area contributed by atoms with E-state index in [1.54, 1.807) is 25.3 Å². The molecule has 0 aliphatic rings. The molecule has 0 saturated carbocycles. The molecule has 0 unspecified atom stereocenters. The third-order valence-electron chi connectivity index (χ3n) is 2.41. The predicted molar refractivity (Wildman–Crippen MR) is 70.1 cm³/mol. The van der Waals surface area contributed by atoms with Crippen molar-refractivity contribution < 1.29 is 4.79 Å². The van der Waals surface area contributed by atoms with E-state index < -0.39 is 0 Å². The van der Waals surface area contributed by atoms with E-state index in [9.17, 15) is 4.79 Å². The Morgan fingerprint density at radius 1 is 1.06 bits per heavy atom. The van der Waals surface area contributed by atoms with Gasteiger partial charge in [0.25, 0.3) is 0 Å². The van der Waals surface area contributed by atoms with Crippen molar-refractivity contribution in [2.45, 2.75) is 6.92 Å². The lowest BCUT2D eigenvalue weighted by Crippen LogP contribution is -1.89. The fourth-order valence-electron chi connectivity index (χ4n) is 1.49. The summed E-state index contributed by atoms with van der Waals surface area (Å²) < 4.78 is 0. The van der Waals surface area contributed by atoms with Crippen LogP contribution in [0, 0.1) is 0 Å². The molecule has 2 rings (SSSR count). The van der Waals surface area contributed by atoms with Crippen molar-refractivity contribution in [3.05, 3.63) is 65.7 Å². The fourth-order valence-corrected chi connectivity index (χ4v) is 1.49. The summed E-state index contributed by atoms with van der Waals surface area (Å²) in [6.07, 6.45) is 1.79. The van der Waals surface area contributed by atoms with Gasteiger partial charge in [-0.2, -0.15) is 0 Å². The first-order chi connectivity index (χ1) is 8.25. The smallest absolute Gasteiger partial charge is 0.159 e. The molecule has 0 bridgehead atoms. The topological polar surface area (TPSA) is 29.4 Å². The van der Waals surface area contributed by atoms with Crippen molar-refractivity contribution in [3.63, 3.8) is 0 Å². The largest absolute Gasteiger partial charge is 0.295 e. The van der Waals surface area contributed by atoms with Crippen LogP contribution >= 0.6 is 0 Å². The maximum absolute atomic E-state index is 11.2. The van der Waals surface area contributed by atoms with Gasteiger partial charge in [-0.1, -0.05) is 42.5 Å². The highest BCUT2D eigenvalue weighted by Crippen LogP contribution is 2.14. The summed E-state index contributed by atoms with van der Waals surface area (Å²) in [5, 5.41) is 0. The van der Waals surface area contributed by atoms with Gasteiger partial charge < -0.3 is 0 Å². The van der Waals surface area contributed by atoms with Crippen LogP contribution in [0.5, 0.6) is 0 Å². The summed E-state index contributed by atoms with van der Waals surface area (Å²) in [5.41, 5.74) is 2.52. The number of aliphatic imine (C=N–C) groups is 1. The van der Waals surface area contributed by atoms with Crippen LogP contribution in [-0.4, -0.2) is 12.0 Å². The van der Waals surface area contributed by atoms with Crippen LogP contribution in [0.1, 0.15) is 22.8 Å². The van der Waals surface area contributed by atoms with Crippen molar-refractivity contribution >= 4 is 17.7 Å². The Kier molecular flexibility index (Phi) is 3.46. The second-order valence-electron chi connectivity index (χ2n) is 3.78. The minimum atomic E-state index is 0.0572. The maximum atomic E-state index is 11.2. The molecule has 0 aliphatic carbocycles. The van der Waals surface area contributed by atoms with E-state index >= 15 is 0 Å². The molecular formula is C15H13NO. The van der Waals surface area contributed by atoms with Gasteiger partial charge in [0.2, 0.25) is 0 Å². The Morgan fingerprint density at radius 2 is 1.82 bits per heavy atom. The van der Waals surface area contributed by atoms with E-state index in [1.807, 2.05) is 42.5 Å². The Bertz CT molecular complexity index is 544. The summed E-state index contributed by atoms with van der Waals surface area (Å²) in [6, 6.07) is 17.2. The van der Waals surface area contributed by atoms with Gasteiger partial charge in [-0.3, -0.25) is 9.79 Å². The molecule has 0 radical (unpaired) electrons. The second kappa shape index (κ2) is 5.21. The molecule has 0 heterocycles. The summed E-state index contributed by atoms with van der Waals surface area (Å²) >= 11 is 0. The number of rotatable bonds is 3. The van der Waals surface area contributed by atoms with Gasteiger partial charge in [-0.05, 0) is 24.6 Å². The molecule has 84 valence electrons. The molecule has 2 aromatic carbocycles. The standard InChI is InChI=1S/C15H13NO/c1-12(17)14-8-5-9-15(10-14)16-11-13-6-3-2-4-7-13/h2-11H,1H3. The first-order valence-corrected chi connectivity index (χ1v) is 5.46. The highest BCUT2D eigenvalue weighted by Gasteiger charge is 1.98. The van der Waals surface area contributed by atoms with Gasteiger partial charge in [0.05, 0.1) is 5.69 Å². The van der Waals surface area contributed by atoms with E-state index in [0.29, 0.717) is 5.56 Å². The molecule has 17 heavy (non-hydrogen) atoms. The van der Waals surface area contributed by atoms with E-state index in [0.717, 1.165) is 11.3 Å². The Balaban J connectivity index is 2.22. The number of Topliss-reactive ketones (excluding diaryl/α,β-unsaturated/α-hetero) is 1. The minimum absolute atomic E-state index is 0.0572. The molecule has 0 aliphatic heterocycles. The number of hydrogen-bond acceptors (Lipinski definition) is 2. The highest BCUT2D eigenvalue weighted by atomic mass is 16.1. The van der Waals surface area contributed by atoms with Crippen LogP contribution in [0.2, 0.25) is 0 Å². The van der Waals surface area contributed by atoms with Crippen molar-refractivity contribution in [2.75, 3.05) is 0 Å². The van der Waals surface area contributed by atoms with Crippen molar-refractivity contribution in [1.29, 1.82) is 0 Å². The summed E-state index contributed by atoms with van der Waals surface area (Å²) in [7, 11) is 0. The monoisotopic (exact) mass is 223 g/mol. The minimum Gasteiger partial charge on any atom is -0.295 e. The van der Waals surface area contributed by atoms with E-state index in [1.165, 1.54) is 0 Å². The summed E-state index contributed by atoms with van der Waals surface area (Å²) in [5.74, 6) is 0.0572. The maximum Gasteiger partial charge on any atom is 0.159 e. The molecular weight excluding hydrogens is 210 g/mol. The Labute approximate surface area is 101 Å². The lowest BCUT2D eigenvalue weighted by Gasteiger charge is -1.97. The van der Waals surface area contributed by atoms with E-state index in [2.05, 4.69) is 4.99 Å². The molecule has 2 aromatic rings. The van der Waals surface area contributed by atoms with Gasteiger partial charge in [0.1, 0.15) is 0 Å². The zero-order valence-electron chi connectivity index (χ0n) is 9.63. The van der Waals surface area contributed by atoms with Crippen LogP contribution < -0.4 is 0 Å². The zero-order chi connectivity index (χ0) is 12.1. The van der Waals surface area contributed by atoms with Crippen LogP contribution in [0.3, 0.4) is 0 Å². The normalized spacial score (nSPS) is 10.6. The van der Waals surface area contributed by atoms with Crippen LogP contribution in [0.25, 0.3) is 0 Å². The van der Waals surface area contributed by atoms with Crippen molar-refractivity contribution in [1.82, 2.24) is 0 Å². The number of nitrogens with zero attached hydrogens (tertiary/aromatic N) is 1. The molecule has 2 heteroatoms. The average molecular weight is 223 g/mol. The van der Waals surface area contributed by atoms with Gasteiger partial charge in [0, 0.05) is 11.8 Å². The number of carbonyl (C=O) groups excluding carboxylic acids is 1. The van der Waals surface area contributed by atoms with Gasteiger partial charge in [-0.25, -0.2) is 0 Å². The van der Waals surface area contributed by atoms with Gasteiger partial charge >= 0.3 is 0 Å². The molecule has 0 amide bonds. The zero-order valence-corrected chi connectivity index (χ0v) is 9.63. The quantitative estimate of drug-likeness (QED) is 0.577. The van der Waals surface area contributed by atoms with E-state index in [-0.39, 0.29) is 5.78 Å². The van der Waals surface area contributed by atoms with Crippen LogP contribution in [0.4, 0.5) is 5.69 Å². The lowest BCUT2D eigenvalue weighted by molar-refractivity contribution is 0.101.